The molecule has 5 nitrogen and oxygen atoms in total. The fourth-order valence-corrected chi connectivity index (χ4v) is 2.70. The number of nitrogens with one attached hydrogen (secondary N) is 2. The SMILES string of the molecule is O=C(N/N=C/c1ccc(-c2ccccc2)cc1)c1ccc2nc[nH]c2c1. The van der Waals surface area contributed by atoms with Gasteiger partial charge in [-0.15, -0.1) is 0 Å². The van der Waals surface area contributed by atoms with Crippen molar-refractivity contribution in [3.63, 3.8) is 0 Å². The summed E-state index contributed by atoms with van der Waals surface area (Å²) in [7, 11) is 0. The largest absolute Gasteiger partial charge is 0.345 e. The molecule has 0 saturated carbocycles. The smallest absolute Gasteiger partial charge is 0.271 e. The van der Waals surface area contributed by atoms with E-state index in [4.69, 9.17) is 0 Å². The molecule has 1 aromatic heterocycles. The Hall–Kier alpha value is -3.73. The highest BCUT2D eigenvalue weighted by atomic mass is 16.2. The van der Waals surface area contributed by atoms with Crippen LogP contribution in [0.2, 0.25) is 0 Å². The summed E-state index contributed by atoms with van der Waals surface area (Å²) in [5.74, 6) is -0.265. The summed E-state index contributed by atoms with van der Waals surface area (Å²) in [6, 6.07) is 23.4. The summed E-state index contributed by atoms with van der Waals surface area (Å²) in [6.45, 7) is 0. The van der Waals surface area contributed by atoms with Crippen LogP contribution in [-0.2, 0) is 0 Å². The molecule has 5 heteroatoms. The Balaban J connectivity index is 1.42. The summed E-state index contributed by atoms with van der Waals surface area (Å²) in [4.78, 5) is 19.3. The van der Waals surface area contributed by atoms with Gasteiger partial charge in [0.05, 0.1) is 23.6 Å². The van der Waals surface area contributed by atoms with E-state index in [0.29, 0.717) is 5.56 Å². The third-order valence-corrected chi connectivity index (χ3v) is 4.08. The number of hydrogen-bond acceptors (Lipinski definition) is 3. The second-order valence-electron chi connectivity index (χ2n) is 5.82. The van der Waals surface area contributed by atoms with Gasteiger partial charge in [0.1, 0.15) is 0 Å². The van der Waals surface area contributed by atoms with Crippen molar-refractivity contribution in [2.24, 2.45) is 5.10 Å². The first-order chi connectivity index (χ1) is 12.8. The van der Waals surface area contributed by atoms with E-state index in [1.165, 1.54) is 5.56 Å². The van der Waals surface area contributed by atoms with Crippen LogP contribution in [0.4, 0.5) is 0 Å². The van der Waals surface area contributed by atoms with Crippen LogP contribution in [0.1, 0.15) is 15.9 Å². The highest BCUT2D eigenvalue weighted by molar-refractivity contribution is 5.97. The summed E-state index contributed by atoms with van der Waals surface area (Å²) in [5.41, 5.74) is 7.93. The third kappa shape index (κ3) is 3.37. The van der Waals surface area contributed by atoms with Crippen LogP contribution in [0.25, 0.3) is 22.2 Å². The molecule has 4 aromatic rings. The standard InChI is InChI=1S/C21H16N4O/c26-21(18-10-11-19-20(12-18)23-14-22-19)25-24-13-15-6-8-17(9-7-15)16-4-2-1-3-5-16/h1-14H,(H,22,23)(H,25,26)/b24-13+. The molecule has 0 aliphatic rings. The van der Waals surface area contributed by atoms with Crippen molar-refractivity contribution < 1.29 is 4.79 Å². The fourth-order valence-electron chi connectivity index (χ4n) is 2.70. The maximum absolute atomic E-state index is 12.2. The first-order valence-electron chi connectivity index (χ1n) is 8.22. The lowest BCUT2D eigenvalue weighted by Gasteiger charge is -2.02. The number of fused-ring (bicyclic) bond motifs is 1. The van der Waals surface area contributed by atoms with Crippen molar-refractivity contribution in [3.05, 3.63) is 90.3 Å². The van der Waals surface area contributed by atoms with Crippen molar-refractivity contribution >= 4 is 23.2 Å². The maximum atomic E-state index is 12.2. The Labute approximate surface area is 150 Å². The van der Waals surface area contributed by atoms with Crippen LogP contribution < -0.4 is 5.43 Å². The maximum Gasteiger partial charge on any atom is 0.271 e. The minimum Gasteiger partial charge on any atom is -0.345 e. The van der Waals surface area contributed by atoms with Gasteiger partial charge in [0.2, 0.25) is 0 Å². The molecule has 126 valence electrons. The van der Waals surface area contributed by atoms with Gasteiger partial charge < -0.3 is 4.98 Å². The molecule has 3 aromatic carbocycles. The topological polar surface area (TPSA) is 70.1 Å². The number of carbonyl (C=O) groups is 1. The molecule has 1 amide bonds. The van der Waals surface area contributed by atoms with E-state index >= 15 is 0 Å². The van der Waals surface area contributed by atoms with E-state index in [1.54, 1.807) is 30.7 Å². The molecule has 0 unspecified atom stereocenters. The summed E-state index contributed by atoms with van der Waals surface area (Å²) in [5, 5.41) is 4.04. The molecule has 0 spiro atoms. The zero-order valence-electron chi connectivity index (χ0n) is 13.9. The normalized spacial score (nSPS) is 11.1. The molecule has 0 radical (unpaired) electrons. The number of aromatic amines is 1. The Morgan fingerprint density at radius 1 is 0.962 bits per heavy atom. The molecule has 0 saturated heterocycles. The van der Waals surface area contributed by atoms with Gasteiger partial charge in [0.15, 0.2) is 0 Å². The van der Waals surface area contributed by atoms with Crippen LogP contribution in [0.15, 0.2) is 84.2 Å². The summed E-state index contributed by atoms with van der Waals surface area (Å²) in [6.07, 6.45) is 3.23. The van der Waals surface area contributed by atoms with E-state index in [9.17, 15) is 4.79 Å². The van der Waals surface area contributed by atoms with Gasteiger partial charge in [-0.3, -0.25) is 4.79 Å². The number of hydrazone groups is 1. The molecular weight excluding hydrogens is 324 g/mol. The molecule has 4 rings (SSSR count). The van der Waals surface area contributed by atoms with E-state index in [2.05, 4.69) is 32.6 Å². The molecule has 26 heavy (non-hydrogen) atoms. The van der Waals surface area contributed by atoms with Gasteiger partial charge in [-0.25, -0.2) is 10.4 Å². The Bertz CT molecular complexity index is 1070. The van der Waals surface area contributed by atoms with Crippen LogP contribution in [0.3, 0.4) is 0 Å². The first kappa shape index (κ1) is 15.8. The third-order valence-electron chi connectivity index (χ3n) is 4.08. The molecule has 2 N–H and O–H groups in total. The average Bonchev–Trinajstić information content (AvgIpc) is 3.17. The molecule has 0 fully saturated rings. The van der Waals surface area contributed by atoms with Crippen molar-refractivity contribution in [1.82, 2.24) is 15.4 Å². The monoisotopic (exact) mass is 340 g/mol. The predicted molar refractivity (Wildman–Crippen MR) is 103 cm³/mol. The van der Waals surface area contributed by atoms with Crippen LogP contribution in [0.5, 0.6) is 0 Å². The number of hydrogen-bond donors (Lipinski definition) is 2. The number of amides is 1. The number of benzene rings is 3. The molecule has 0 bridgehead atoms. The van der Waals surface area contributed by atoms with E-state index in [0.717, 1.165) is 22.2 Å². The number of carbonyl (C=O) groups excluding carboxylic acids is 1. The molecule has 0 aliphatic carbocycles. The fraction of sp³-hybridized carbons (Fsp3) is 0. The van der Waals surface area contributed by atoms with Gasteiger partial charge in [-0.2, -0.15) is 5.10 Å². The van der Waals surface area contributed by atoms with Gasteiger partial charge >= 0.3 is 0 Å². The lowest BCUT2D eigenvalue weighted by atomic mass is 10.0. The van der Waals surface area contributed by atoms with Crippen molar-refractivity contribution in [3.8, 4) is 11.1 Å². The summed E-state index contributed by atoms with van der Waals surface area (Å²) >= 11 is 0. The van der Waals surface area contributed by atoms with Gasteiger partial charge in [-0.1, -0.05) is 54.6 Å². The Morgan fingerprint density at radius 2 is 1.73 bits per heavy atom. The highest BCUT2D eigenvalue weighted by Crippen LogP contribution is 2.18. The molecule has 1 heterocycles. The van der Waals surface area contributed by atoms with Crippen molar-refractivity contribution in [2.45, 2.75) is 0 Å². The van der Waals surface area contributed by atoms with Gasteiger partial charge in [0, 0.05) is 5.56 Å². The quantitative estimate of drug-likeness (QED) is 0.435. The molecule has 0 aliphatic heterocycles. The van der Waals surface area contributed by atoms with Gasteiger partial charge in [-0.05, 0) is 34.9 Å². The van der Waals surface area contributed by atoms with Crippen LogP contribution in [-0.4, -0.2) is 22.1 Å². The predicted octanol–water partition coefficient (Wildman–Crippen LogP) is 3.99. The van der Waals surface area contributed by atoms with E-state index in [-0.39, 0.29) is 5.91 Å². The van der Waals surface area contributed by atoms with Crippen LogP contribution >= 0.6 is 0 Å². The zero-order chi connectivity index (χ0) is 17.8. The molecular formula is C21H16N4O. The number of nitrogens with zero attached hydrogens (tertiary/aromatic N) is 2. The first-order valence-corrected chi connectivity index (χ1v) is 8.22. The van der Waals surface area contributed by atoms with Crippen LogP contribution in [0, 0.1) is 0 Å². The summed E-state index contributed by atoms with van der Waals surface area (Å²) < 4.78 is 0. The lowest BCUT2D eigenvalue weighted by molar-refractivity contribution is 0.0955. The highest BCUT2D eigenvalue weighted by Gasteiger charge is 2.06. The van der Waals surface area contributed by atoms with Gasteiger partial charge in [0.25, 0.3) is 5.91 Å². The second kappa shape index (κ2) is 7.03. The number of aromatic nitrogens is 2. The minimum atomic E-state index is -0.265. The van der Waals surface area contributed by atoms with E-state index in [1.807, 2.05) is 42.5 Å². The van der Waals surface area contributed by atoms with Crippen molar-refractivity contribution in [2.75, 3.05) is 0 Å². The number of imidazole rings is 1. The number of rotatable bonds is 4. The minimum absolute atomic E-state index is 0.265. The average molecular weight is 340 g/mol. The zero-order valence-corrected chi connectivity index (χ0v) is 13.9. The lowest BCUT2D eigenvalue weighted by Crippen LogP contribution is -2.17. The Morgan fingerprint density at radius 3 is 2.54 bits per heavy atom. The molecule has 0 atom stereocenters. The second-order valence-corrected chi connectivity index (χ2v) is 5.82. The number of H-pyrrole nitrogens is 1. The Kier molecular flexibility index (Phi) is 4.26. The van der Waals surface area contributed by atoms with E-state index < -0.39 is 0 Å². The van der Waals surface area contributed by atoms with Crippen molar-refractivity contribution in [1.29, 1.82) is 0 Å².